The number of hydrogen-bond donors (Lipinski definition) is 1. The molecule has 4 nitrogen and oxygen atoms in total. The predicted molar refractivity (Wildman–Crippen MR) is 87.3 cm³/mol. The van der Waals surface area contributed by atoms with Crippen LogP contribution in [0.25, 0.3) is 0 Å². The molecule has 1 N–H and O–H groups in total. The molecule has 26 heavy (non-hydrogen) atoms. The first-order valence-electron chi connectivity index (χ1n) is 7.71. The van der Waals surface area contributed by atoms with E-state index in [0.29, 0.717) is 0 Å². The van der Waals surface area contributed by atoms with Crippen molar-refractivity contribution in [2.75, 3.05) is 18.5 Å². The molecule has 0 atom stereocenters. The second-order valence-corrected chi connectivity index (χ2v) is 5.37. The summed E-state index contributed by atoms with van der Waals surface area (Å²) in [5.41, 5.74) is -1.21. The number of hydrogen-bond acceptors (Lipinski definition) is 3. The van der Waals surface area contributed by atoms with Crippen molar-refractivity contribution in [3.05, 3.63) is 59.4 Å². The van der Waals surface area contributed by atoms with Crippen molar-refractivity contribution in [3.63, 3.8) is 0 Å². The standard InChI is InChI=1S/C18H17F4NO3/c1-12(24)23-14-7-8-15(16(17(14)19)18(20,21)22)26-10-9-25-11-13-5-3-2-4-6-13/h2-8H,9-11H2,1H3,(H,23,24). The number of anilines is 1. The highest BCUT2D eigenvalue weighted by Gasteiger charge is 2.39. The maximum Gasteiger partial charge on any atom is 0.422 e. The summed E-state index contributed by atoms with van der Waals surface area (Å²) in [6.07, 6.45) is -4.97. The van der Waals surface area contributed by atoms with Crippen molar-refractivity contribution >= 4 is 11.6 Å². The summed E-state index contributed by atoms with van der Waals surface area (Å²) in [4.78, 5) is 11.0. The van der Waals surface area contributed by atoms with Crippen molar-refractivity contribution in [3.8, 4) is 5.75 Å². The van der Waals surface area contributed by atoms with Gasteiger partial charge in [-0.2, -0.15) is 13.2 Å². The fraction of sp³-hybridized carbons (Fsp3) is 0.278. The third-order valence-corrected chi connectivity index (χ3v) is 3.29. The number of amides is 1. The molecule has 0 saturated carbocycles. The zero-order valence-electron chi connectivity index (χ0n) is 13.9. The molecule has 0 radical (unpaired) electrons. The minimum atomic E-state index is -4.97. The Morgan fingerprint density at radius 1 is 1.08 bits per heavy atom. The van der Waals surface area contributed by atoms with Crippen LogP contribution in [0.2, 0.25) is 0 Å². The predicted octanol–water partition coefficient (Wildman–Crippen LogP) is 4.40. The van der Waals surface area contributed by atoms with Gasteiger partial charge in [-0.1, -0.05) is 30.3 Å². The van der Waals surface area contributed by atoms with Gasteiger partial charge < -0.3 is 14.8 Å². The largest absolute Gasteiger partial charge is 0.490 e. The smallest absolute Gasteiger partial charge is 0.422 e. The highest BCUT2D eigenvalue weighted by atomic mass is 19.4. The fourth-order valence-electron chi connectivity index (χ4n) is 2.20. The number of carbonyl (C=O) groups is 1. The first kappa shape index (κ1) is 19.7. The SMILES string of the molecule is CC(=O)Nc1ccc(OCCOCc2ccccc2)c(C(F)(F)F)c1F. The molecule has 0 spiro atoms. The molecule has 140 valence electrons. The molecular formula is C18H17F4NO3. The maximum atomic E-state index is 14.1. The average molecular weight is 371 g/mol. The van der Waals surface area contributed by atoms with Crippen LogP contribution in [0, 0.1) is 5.82 Å². The van der Waals surface area contributed by atoms with Gasteiger partial charge in [-0.15, -0.1) is 0 Å². The van der Waals surface area contributed by atoms with Crippen molar-refractivity contribution < 1.29 is 31.8 Å². The summed E-state index contributed by atoms with van der Waals surface area (Å²) in [6, 6.07) is 11.2. The number of nitrogens with one attached hydrogen (secondary N) is 1. The first-order chi connectivity index (χ1) is 12.3. The van der Waals surface area contributed by atoms with Crippen molar-refractivity contribution in [1.82, 2.24) is 0 Å². The van der Waals surface area contributed by atoms with E-state index in [2.05, 4.69) is 0 Å². The van der Waals surface area contributed by atoms with Gasteiger partial charge in [0, 0.05) is 6.92 Å². The fourth-order valence-corrected chi connectivity index (χ4v) is 2.20. The van der Waals surface area contributed by atoms with E-state index in [1.807, 2.05) is 35.6 Å². The minimum absolute atomic E-state index is 0.0290. The van der Waals surface area contributed by atoms with Crippen LogP contribution >= 0.6 is 0 Å². The lowest BCUT2D eigenvalue weighted by Gasteiger charge is -2.17. The van der Waals surface area contributed by atoms with Gasteiger partial charge in [0.2, 0.25) is 5.91 Å². The molecular weight excluding hydrogens is 354 g/mol. The third kappa shape index (κ3) is 5.45. The molecule has 0 unspecified atom stereocenters. The van der Waals surface area contributed by atoms with E-state index in [0.717, 1.165) is 24.6 Å². The van der Waals surface area contributed by atoms with E-state index in [1.165, 1.54) is 0 Å². The molecule has 0 aromatic heterocycles. The molecule has 0 bridgehead atoms. The number of halogens is 4. The molecule has 0 aliphatic carbocycles. The van der Waals surface area contributed by atoms with Gasteiger partial charge in [0.1, 0.15) is 17.9 Å². The van der Waals surface area contributed by atoms with E-state index in [9.17, 15) is 22.4 Å². The zero-order chi connectivity index (χ0) is 19.2. The molecule has 0 aliphatic heterocycles. The molecule has 0 heterocycles. The second kappa shape index (κ2) is 8.66. The Hall–Kier alpha value is -2.61. The van der Waals surface area contributed by atoms with Crippen LogP contribution in [-0.4, -0.2) is 19.1 Å². The number of alkyl halides is 3. The molecule has 2 aromatic carbocycles. The lowest BCUT2D eigenvalue weighted by atomic mass is 10.1. The Labute approximate surface area is 147 Å². The second-order valence-electron chi connectivity index (χ2n) is 5.37. The molecule has 8 heteroatoms. The average Bonchev–Trinajstić information content (AvgIpc) is 2.56. The Morgan fingerprint density at radius 3 is 2.38 bits per heavy atom. The van der Waals surface area contributed by atoms with Crippen LogP contribution in [0.5, 0.6) is 5.75 Å². The summed E-state index contributed by atoms with van der Waals surface area (Å²) < 4.78 is 64.0. The van der Waals surface area contributed by atoms with Crippen LogP contribution in [0.3, 0.4) is 0 Å². The molecule has 1 amide bonds. The van der Waals surface area contributed by atoms with Crippen LogP contribution in [0.15, 0.2) is 42.5 Å². The summed E-state index contributed by atoms with van der Waals surface area (Å²) in [5, 5.41) is 2.01. The highest BCUT2D eigenvalue weighted by molar-refractivity contribution is 5.89. The van der Waals surface area contributed by atoms with Crippen LogP contribution in [0.4, 0.5) is 23.2 Å². The topological polar surface area (TPSA) is 47.6 Å². The summed E-state index contributed by atoms with van der Waals surface area (Å²) in [7, 11) is 0. The van der Waals surface area contributed by atoms with E-state index in [-0.39, 0.29) is 19.8 Å². The minimum Gasteiger partial charge on any atom is -0.490 e. The van der Waals surface area contributed by atoms with E-state index >= 15 is 0 Å². The van der Waals surface area contributed by atoms with E-state index in [1.54, 1.807) is 0 Å². The lowest BCUT2D eigenvalue weighted by Crippen LogP contribution is -2.16. The summed E-state index contributed by atoms with van der Waals surface area (Å²) in [6.45, 7) is 1.20. The first-order valence-corrected chi connectivity index (χ1v) is 7.71. The Morgan fingerprint density at radius 2 is 1.77 bits per heavy atom. The maximum absolute atomic E-state index is 14.1. The third-order valence-electron chi connectivity index (χ3n) is 3.29. The molecule has 2 aromatic rings. The molecule has 2 rings (SSSR count). The van der Waals surface area contributed by atoms with Crippen molar-refractivity contribution in [2.24, 2.45) is 0 Å². The van der Waals surface area contributed by atoms with E-state index < -0.39 is 34.9 Å². The zero-order valence-corrected chi connectivity index (χ0v) is 13.9. The van der Waals surface area contributed by atoms with E-state index in [4.69, 9.17) is 9.47 Å². The Kier molecular flexibility index (Phi) is 6.57. The van der Waals surface area contributed by atoms with Gasteiger partial charge in [0.15, 0.2) is 5.82 Å². The molecule has 0 fully saturated rings. The number of carbonyl (C=O) groups excluding carboxylic acids is 1. The Balaban J connectivity index is 2.01. The summed E-state index contributed by atoms with van der Waals surface area (Å²) >= 11 is 0. The lowest BCUT2D eigenvalue weighted by molar-refractivity contribution is -0.141. The van der Waals surface area contributed by atoms with Gasteiger partial charge in [-0.05, 0) is 17.7 Å². The number of benzene rings is 2. The van der Waals surface area contributed by atoms with Crippen LogP contribution < -0.4 is 10.1 Å². The highest BCUT2D eigenvalue weighted by Crippen LogP contribution is 2.40. The van der Waals surface area contributed by atoms with Crippen LogP contribution in [0.1, 0.15) is 18.1 Å². The number of ether oxygens (including phenoxy) is 2. The quantitative estimate of drug-likeness (QED) is 0.580. The number of rotatable bonds is 7. The van der Waals surface area contributed by atoms with Gasteiger partial charge in [0.25, 0.3) is 0 Å². The van der Waals surface area contributed by atoms with Crippen molar-refractivity contribution in [1.29, 1.82) is 0 Å². The van der Waals surface area contributed by atoms with Gasteiger partial charge in [0.05, 0.1) is 18.9 Å². The Bertz CT molecular complexity index is 748. The normalized spacial score (nSPS) is 11.3. The molecule has 0 aliphatic rings. The summed E-state index contributed by atoms with van der Waals surface area (Å²) in [5.74, 6) is -2.93. The van der Waals surface area contributed by atoms with Gasteiger partial charge in [-0.3, -0.25) is 4.79 Å². The monoisotopic (exact) mass is 371 g/mol. The van der Waals surface area contributed by atoms with Crippen molar-refractivity contribution in [2.45, 2.75) is 19.7 Å². The van der Waals surface area contributed by atoms with Crippen LogP contribution in [-0.2, 0) is 22.3 Å². The van der Waals surface area contributed by atoms with Gasteiger partial charge >= 0.3 is 6.18 Å². The molecule has 0 saturated heterocycles. The van der Waals surface area contributed by atoms with Gasteiger partial charge in [-0.25, -0.2) is 4.39 Å².